The van der Waals surface area contributed by atoms with E-state index in [9.17, 15) is 15.0 Å². The van der Waals surface area contributed by atoms with Crippen LogP contribution in [-0.4, -0.2) is 21.1 Å². The van der Waals surface area contributed by atoms with Crippen LogP contribution in [0.4, 0.5) is 5.13 Å². The summed E-state index contributed by atoms with van der Waals surface area (Å²) in [5, 5.41) is 25.0. The molecule has 0 aliphatic carbocycles. The van der Waals surface area contributed by atoms with Crippen molar-refractivity contribution in [1.29, 1.82) is 0 Å². The Labute approximate surface area is 207 Å². The first-order valence-corrected chi connectivity index (χ1v) is 12.0. The average molecular weight is 479 g/mol. The fraction of sp³-hybridized carbons (Fsp3) is 0.0345. The molecule has 5 nitrogen and oxygen atoms in total. The molecule has 1 heterocycles. The highest BCUT2D eigenvalue weighted by Gasteiger charge is 2.23. The third kappa shape index (κ3) is 4.93. The molecule has 5 aromatic rings. The van der Waals surface area contributed by atoms with Gasteiger partial charge in [0.1, 0.15) is 11.5 Å². The van der Waals surface area contributed by atoms with Crippen molar-refractivity contribution in [2.45, 2.75) is 5.92 Å². The number of aromatic hydroxyl groups is 2. The second-order valence-corrected chi connectivity index (χ2v) is 8.92. The van der Waals surface area contributed by atoms with Gasteiger partial charge in [-0.2, -0.15) is 0 Å². The van der Waals surface area contributed by atoms with Crippen LogP contribution < -0.4 is 5.32 Å². The molecule has 1 amide bonds. The summed E-state index contributed by atoms with van der Waals surface area (Å²) in [6.07, 6.45) is 0. The fourth-order valence-electron chi connectivity index (χ4n) is 4.08. The van der Waals surface area contributed by atoms with Gasteiger partial charge in [-0.3, -0.25) is 10.1 Å². The van der Waals surface area contributed by atoms with Crippen LogP contribution in [0.1, 0.15) is 33.0 Å². The van der Waals surface area contributed by atoms with Gasteiger partial charge in [-0.1, -0.05) is 72.8 Å². The largest absolute Gasteiger partial charge is 0.508 e. The topological polar surface area (TPSA) is 82.5 Å². The number of benzene rings is 4. The maximum Gasteiger partial charge on any atom is 0.257 e. The zero-order valence-electron chi connectivity index (χ0n) is 18.6. The summed E-state index contributed by atoms with van der Waals surface area (Å²) in [6.45, 7) is 0. The zero-order valence-corrected chi connectivity index (χ0v) is 19.4. The van der Waals surface area contributed by atoms with E-state index in [4.69, 9.17) is 0 Å². The molecule has 4 aromatic carbocycles. The first-order valence-electron chi connectivity index (χ1n) is 11.1. The van der Waals surface area contributed by atoms with Crippen molar-refractivity contribution in [3.63, 3.8) is 0 Å². The summed E-state index contributed by atoms with van der Waals surface area (Å²) in [5.41, 5.74) is 4.95. The molecule has 0 bridgehead atoms. The van der Waals surface area contributed by atoms with E-state index in [1.54, 1.807) is 30.3 Å². The number of anilines is 1. The lowest BCUT2D eigenvalue weighted by molar-refractivity contribution is 0.102. The molecule has 35 heavy (non-hydrogen) atoms. The minimum absolute atomic E-state index is 0.169. The van der Waals surface area contributed by atoms with Crippen LogP contribution in [0.2, 0.25) is 0 Å². The lowest BCUT2D eigenvalue weighted by Crippen LogP contribution is -2.16. The molecule has 0 aliphatic rings. The van der Waals surface area contributed by atoms with Crippen molar-refractivity contribution in [2.75, 3.05) is 5.32 Å². The van der Waals surface area contributed by atoms with Crippen LogP contribution in [0.15, 0.2) is 109 Å². The Morgan fingerprint density at radius 2 is 1.31 bits per heavy atom. The summed E-state index contributed by atoms with van der Waals surface area (Å²) in [7, 11) is 0. The lowest BCUT2D eigenvalue weighted by atomic mass is 9.82. The monoisotopic (exact) mass is 478 g/mol. The molecule has 0 saturated heterocycles. The number of carbonyl (C=O) groups is 1. The van der Waals surface area contributed by atoms with Crippen LogP contribution in [0.25, 0.3) is 11.3 Å². The Morgan fingerprint density at radius 1 is 0.743 bits per heavy atom. The van der Waals surface area contributed by atoms with E-state index in [-0.39, 0.29) is 23.3 Å². The number of amides is 1. The van der Waals surface area contributed by atoms with Crippen LogP contribution in [0.5, 0.6) is 11.5 Å². The minimum Gasteiger partial charge on any atom is -0.508 e. The van der Waals surface area contributed by atoms with E-state index < -0.39 is 0 Å². The molecule has 0 radical (unpaired) electrons. The molecule has 0 unspecified atom stereocenters. The molecule has 3 N–H and O–H groups in total. The molecule has 0 saturated carbocycles. The molecule has 6 heteroatoms. The van der Waals surface area contributed by atoms with Crippen LogP contribution in [0, 0.1) is 0 Å². The Morgan fingerprint density at radius 3 is 1.94 bits per heavy atom. The van der Waals surface area contributed by atoms with E-state index in [2.05, 4.69) is 10.3 Å². The van der Waals surface area contributed by atoms with Crippen molar-refractivity contribution >= 4 is 22.4 Å². The maximum atomic E-state index is 13.4. The highest BCUT2D eigenvalue weighted by Crippen LogP contribution is 2.36. The molecular weight excluding hydrogens is 456 g/mol. The Hall–Kier alpha value is -4.42. The van der Waals surface area contributed by atoms with Crippen molar-refractivity contribution < 1.29 is 15.0 Å². The van der Waals surface area contributed by atoms with Crippen LogP contribution in [-0.2, 0) is 0 Å². The van der Waals surface area contributed by atoms with Crippen molar-refractivity contribution in [1.82, 2.24) is 4.98 Å². The average Bonchev–Trinajstić information content (AvgIpc) is 3.36. The molecule has 1 aromatic heterocycles. The second kappa shape index (κ2) is 9.83. The van der Waals surface area contributed by atoms with Gasteiger partial charge in [0, 0.05) is 22.4 Å². The third-order valence-electron chi connectivity index (χ3n) is 5.76. The Balaban J connectivity index is 1.51. The van der Waals surface area contributed by atoms with Gasteiger partial charge in [0.25, 0.3) is 5.91 Å². The Bertz CT molecular complexity index is 1400. The number of nitrogens with zero attached hydrogens (tertiary/aromatic N) is 1. The molecule has 172 valence electrons. The van der Waals surface area contributed by atoms with Crippen molar-refractivity contribution in [3.8, 4) is 22.8 Å². The molecule has 5 rings (SSSR count). The second-order valence-electron chi connectivity index (χ2n) is 8.06. The first kappa shape index (κ1) is 22.4. The van der Waals surface area contributed by atoms with E-state index in [0.717, 1.165) is 27.9 Å². The first-order chi connectivity index (χ1) is 17.1. The smallest absolute Gasteiger partial charge is 0.257 e. The highest BCUT2D eigenvalue weighted by atomic mass is 32.1. The molecule has 0 spiro atoms. The predicted molar refractivity (Wildman–Crippen MR) is 139 cm³/mol. The van der Waals surface area contributed by atoms with Crippen molar-refractivity contribution in [3.05, 3.63) is 131 Å². The number of thiazole rings is 1. The lowest BCUT2D eigenvalue weighted by Gasteiger charge is -2.21. The number of aromatic nitrogens is 1. The van der Waals surface area contributed by atoms with Crippen molar-refractivity contribution in [2.24, 2.45) is 0 Å². The molecular formula is C29H22N2O3S. The number of nitrogens with one attached hydrogen (secondary N) is 1. The van der Waals surface area contributed by atoms with E-state index in [1.165, 1.54) is 11.3 Å². The van der Waals surface area contributed by atoms with Gasteiger partial charge in [0.15, 0.2) is 5.13 Å². The van der Waals surface area contributed by atoms with Crippen LogP contribution >= 0.6 is 11.3 Å². The van der Waals surface area contributed by atoms with E-state index in [0.29, 0.717) is 10.7 Å². The van der Waals surface area contributed by atoms with Gasteiger partial charge in [-0.15, -0.1) is 11.3 Å². The van der Waals surface area contributed by atoms with Gasteiger partial charge >= 0.3 is 0 Å². The van der Waals surface area contributed by atoms with E-state index >= 15 is 0 Å². The quantitative estimate of drug-likeness (QED) is 0.239. The maximum absolute atomic E-state index is 13.4. The van der Waals surface area contributed by atoms with Gasteiger partial charge < -0.3 is 10.2 Å². The number of hydrogen-bond acceptors (Lipinski definition) is 5. The predicted octanol–water partition coefficient (Wildman–Crippen LogP) is 6.65. The number of carbonyl (C=O) groups excluding carboxylic acids is 1. The van der Waals surface area contributed by atoms with Gasteiger partial charge in [0.05, 0.1) is 5.69 Å². The van der Waals surface area contributed by atoms with Gasteiger partial charge in [-0.05, 0) is 47.0 Å². The number of rotatable bonds is 6. The number of hydrogen-bond donors (Lipinski definition) is 3. The number of phenols is 2. The minimum atomic E-state index is -0.283. The summed E-state index contributed by atoms with van der Waals surface area (Å²) in [5.74, 6) is -0.198. The zero-order chi connectivity index (χ0) is 24.2. The van der Waals surface area contributed by atoms with E-state index in [1.807, 2.05) is 78.2 Å². The number of phenolic OH excluding ortho intramolecular Hbond substituents is 2. The standard InChI is InChI=1S/C29H22N2O3S/c32-22-14-10-20(11-15-22)27(21-12-16-23(33)17-13-21)24-8-4-5-9-25(24)28(34)31-29-30-26(18-35-29)19-6-2-1-3-7-19/h1-18,27,32-33H,(H,30,31,34). The van der Waals surface area contributed by atoms with Gasteiger partial charge in [-0.25, -0.2) is 4.98 Å². The SMILES string of the molecule is O=C(Nc1nc(-c2ccccc2)cs1)c1ccccc1C(c1ccc(O)cc1)c1ccc(O)cc1. The fourth-order valence-corrected chi connectivity index (χ4v) is 4.79. The van der Waals surface area contributed by atoms with Gasteiger partial charge in [0.2, 0.25) is 0 Å². The Kier molecular flexibility index (Phi) is 6.28. The third-order valence-corrected chi connectivity index (χ3v) is 6.52. The normalized spacial score (nSPS) is 10.9. The highest BCUT2D eigenvalue weighted by molar-refractivity contribution is 7.14. The molecule has 0 fully saturated rings. The summed E-state index contributed by atoms with van der Waals surface area (Å²) >= 11 is 1.38. The van der Waals surface area contributed by atoms with Crippen LogP contribution in [0.3, 0.4) is 0 Å². The molecule has 0 aliphatic heterocycles. The molecule has 0 atom stereocenters. The summed E-state index contributed by atoms with van der Waals surface area (Å²) in [6, 6.07) is 31.2. The summed E-state index contributed by atoms with van der Waals surface area (Å²) in [4.78, 5) is 18.0. The summed E-state index contributed by atoms with van der Waals surface area (Å²) < 4.78 is 0.